The normalized spacial score (nSPS) is 8.75. The lowest BCUT2D eigenvalue weighted by atomic mass is 10.3. The van der Waals surface area contributed by atoms with Crippen molar-refractivity contribution in [3.05, 3.63) is 6.42 Å². The summed E-state index contributed by atoms with van der Waals surface area (Å²) in [6.07, 6.45) is 2.20. The van der Waals surface area contributed by atoms with Crippen LogP contribution in [-0.4, -0.2) is 12.6 Å². The quantitative estimate of drug-likeness (QED) is 0.516. The Labute approximate surface area is 49.8 Å². The van der Waals surface area contributed by atoms with E-state index in [1.165, 1.54) is 0 Å². The van der Waals surface area contributed by atoms with Crippen LogP contribution in [0.5, 0.6) is 0 Å². The van der Waals surface area contributed by atoms with E-state index >= 15 is 0 Å². The van der Waals surface area contributed by atoms with Gasteiger partial charge in [-0.2, -0.15) is 0 Å². The van der Waals surface area contributed by atoms with E-state index in [1.807, 2.05) is 6.92 Å². The SMILES string of the molecule is C[CH]CC(=O)OCC. The topological polar surface area (TPSA) is 26.3 Å². The molecule has 0 aromatic rings. The minimum absolute atomic E-state index is 0.144. The maximum absolute atomic E-state index is 10.4. The van der Waals surface area contributed by atoms with Gasteiger partial charge in [-0.15, -0.1) is 0 Å². The molecule has 0 aromatic heterocycles. The summed E-state index contributed by atoms with van der Waals surface area (Å²) < 4.78 is 4.61. The van der Waals surface area contributed by atoms with Gasteiger partial charge in [0.05, 0.1) is 6.61 Å². The molecule has 0 atom stereocenters. The Morgan fingerprint density at radius 2 is 2.38 bits per heavy atom. The van der Waals surface area contributed by atoms with Crippen molar-refractivity contribution in [2.75, 3.05) is 6.61 Å². The molecule has 0 rings (SSSR count). The highest BCUT2D eigenvalue weighted by atomic mass is 16.5. The molecule has 0 unspecified atom stereocenters. The molecule has 0 fully saturated rings. The van der Waals surface area contributed by atoms with Crippen molar-refractivity contribution in [2.45, 2.75) is 20.3 Å². The zero-order chi connectivity index (χ0) is 6.41. The average Bonchev–Trinajstić information content (AvgIpc) is 1.68. The lowest BCUT2D eigenvalue weighted by Crippen LogP contribution is -2.02. The fourth-order valence-electron chi connectivity index (χ4n) is 0.387. The Balaban J connectivity index is 3.06. The highest BCUT2D eigenvalue weighted by molar-refractivity contribution is 5.70. The van der Waals surface area contributed by atoms with Gasteiger partial charge in [-0.25, -0.2) is 0 Å². The molecule has 0 saturated heterocycles. The summed E-state index contributed by atoms with van der Waals surface area (Å²) in [6.45, 7) is 4.11. The van der Waals surface area contributed by atoms with Crippen molar-refractivity contribution in [1.29, 1.82) is 0 Å². The molecule has 1 radical (unpaired) electrons. The van der Waals surface area contributed by atoms with Gasteiger partial charge in [-0.3, -0.25) is 4.79 Å². The zero-order valence-corrected chi connectivity index (χ0v) is 5.31. The molecule has 0 N–H and O–H groups in total. The van der Waals surface area contributed by atoms with Gasteiger partial charge in [0, 0.05) is 6.42 Å². The molecule has 0 aliphatic heterocycles. The van der Waals surface area contributed by atoms with Crippen LogP contribution < -0.4 is 0 Å². The molecular weight excluding hydrogens is 104 g/mol. The van der Waals surface area contributed by atoms with Crippen LogP contribution in [0.1, 0.15) is 20.3 Å². The standard InChI is InChI=1S/C6H11O2/c1-3-5-6(7)8-4-2/h3H,4-5H2,1-2H3. The Bertz CT molecular complexity index is 60.9. The molecule has 0 amide bonds. The molecule has 0 bridgehead atoms. The number of hydrogen-bond acceptors (Lipinski definition) is 2. The lowest BCUT2D eigenvalue weighted by molar-refractivity contribution is -0.142. The van der Waals surface area contributed by atoms with Crippen molar-refractivity contribution < 1.29 is 9.53 Å². The molecular formula is C6H11O2. The number of ether oxygens (including phenoxy) is 1. The Morgan fingerprint density at radius 3 is 2.75 bits per heavy atom. The van der Waals surface area contributed by atoms with Crippen molar-refractivity contribution >= 4 is 5.97 Å². The molecule has 8 heavy (non-hydrogen) atoms. The molecule has 0 aliphatic carbocycles. The third-order valence-corrected chi connectivity index (χ3v) is 0.676. The highest BCUT2D eigenvalue weighted by Gasteiger charge is 1.95. The van der Waals surface area contributed by atoms with Crippen LogP contribution in [0.4, 0.5) is 0 Å². The molecule has 2 nitrogen and oxygen atoms in total. The molecule has 0 spiro atoms. The van der Waals surface area contributed by atoms with Crippen molar-refractivity contribution in [2.24, 2.45) is 0 Å². The number of carbonyl (C=O) groups is 1. The van der Waals surface area contributed by atoms with Crippen molar-refractivity contribution in [3.8, 4) is 0 Å². The first-order valence-electron chi connectivity index (χ1n) is 2.74. The minimum atomic E-state index is -0.144. The predicted molar refractivity (Wildman–Crippen MR) is 31.2 cm³/mol. The van der Waals surface area contributed by atoms with Gasteiger partial charge in [0.15, 0.2) is 0 Å². The summed E-state index contributed by atoms with van der Waals surface area (Å²) in [6, 6.07) is 0. The number of rotatable bonds is 3. The van der Waals surface area contributed by atoms with Crippen LogP contribution >= 0.6 is 0 Å². The van der Waals surface area contributed by atoms with Crippen LogP contribution in [0, 0.1) is 6.42 Å². The molecule has 47 valence electrons. The smallest absolute Gasteiger partial charge is 0.306 e. The van der Waals surface area contributed by atoms with Gasteiger partial charge in [0.1, 0.15) is 0 Å². The fourth-order valence-corrected chi connectivity index (χ4v) is 0.387. The predicted octanol–water partition coefficient (Wildman–Crippen LogP) is 1.16. The van der Waals surface area contributed by atoms with Crippen LogP contribution in [0.3, 0.4) is 0 Å². The van der Waals surface area contributed by atoms with E-state index in [9.17, 15) is 4.79 Å². The van der Waals surface area contributed by atoms with Gasteiger partial charge in [-0.05, 0) is 13.3 Å². The second-order valence-corrected chi connectivity index (χ2v) is 1.42. The zero-order valence-electron chi connectivity index (χ0n) is 5.31. The first kappa shape index (κ1) is 7.47. The van der Waals surface area contributed by atoms with E-state index in [1.54, 1.807) is 13.3 Å². The van der Waals surface area contributed by atoms with E-state index in [0.717, 1.165) is 0 Å². The van der Waals surface area contributed by atoms with Gasteiger partial charge in [-0.1, -0.05) is 6.92 Å². The average molecular weight is 115 g/mol. The number of esters is 1. The first-order chi connectivity index (χ1) is 3.81. The minimum Gasteiger partial charge on any atom is -0.466 e. The Hall–Kier alpha value is -0.530. The lowest BCUT2D eigenvalue weighted by Gasteiger charge is -1.96. The van der Waals surface area contributed by atoms with Crippen LogP contribution in [-0.2, 0) is 9.53 Å². The van der Waals surface area contributed by atoms with Crippen LogP contribution in [0.2, 0.25) is 0 Å². The Kier molecular flexibility index (Phi) is 4.32. The van der Waals surface area contributed by atoms with E-state index < -0.39 is 0 Å². The summed E-state index contributed by atoms with van der Waals surface area (Å²) in [5.41, 5.74) is 0. The summed E-state index contributed by atoms with van der Waals surface area (Å²) in [4.78, 5) is 10.4. The van der Waals surface area contributed by atoms with Crippen molar-refractivity contribution in [1.82, 2.24) is 0 Å². The summed E-state index contributed by atoms with van der Waals surface area (Å²) in [5, 5.41) is 0. The van der Waals surface area contributed by atoms with E-state index in [2.05, 4.69) is 4.74 Å². The van der Waals surface area contributed by atoms with Gasteiger partial charge in [0.2, 0.25) is 0 Å². The van der Waals surface area contributed by atoms with E-state index in [0.29, 0.717) is 13.0 Å². The fraction of sp³-hybridized carbons (Fsp3) is 0.667. The van der Waals surface area contributed by atoms with Gasteiger partial charge in [0.25, 0.3) is 0 Å². The summed E-state index contributed by atoms with van der Waals surface area (Å²) in [7, 11) is 0. The van der Waals surface area contributed by atoms with Crippen molar-refractivity contribution in [3.63, 3.8) is 0 Å². The second-order valence-electron chi connectivity index (χ2n) is 1.42. The van der Waals surface area contributed by atoms with E-state index in [4.69, 9.17) is 0 Å². The molecule has 2 heteroatoms. The maximum atomic E-state index is 10.4. The van der Waals surface area contributed by atoms with Crippen LogP contribution in [0.15, 0.2) is 0 Å². The third kappa shape index (κ3) is 3.65. The first-order valence-corrected chi connectivity index (χ1v) is 2.74. The number of carbonyl (C=O) groups excluding carboxylic acids is 1. The van der Waals surface area contributed by atoms with Gasteiger partial charge < -0.3 is 4.74 Å². The largest absolute Gasteiger partial charge is 0.466 e. The molecule has 0 heterocycles. The van der Waals surface area contributed by atoms with E-state index in [-0.39, 0.29) is 5.97 Å². The Morgan fingerprint density at radius 1 is 1.75 bits per heavy atom. The number of hydrogen-bond donors (Lipinski definition) is 0. The third-order valence-electron chi connectivity index (χ3n) is 0.676. The maximum Gasteiger partial charge on any atom is 0.306 e. The molecule has 0 aliphatic rings. The van der Waals surface area contributed by atoms with Crippen LogP contribution in [0.25, 0.3) is 0 Å². The monoisotopic (exact) mass is 115 g/mol. The molecule has 0 saturated carbocycles. The summed E-state index contributed by atoms with van der Waals surface area (Å²) >= 11 is 0. The van der Waals surface area contributed by atoms with Gasteiger partial charge >= 0.3 is 5.97 Å². The second kappa shape index (κ2) is 4.62. The molecule has 0 aromatic carbocycles. The highest BCUT2D eigenvalue weighted by Crippen LogP contribution is 1.87. The summed E-state index contributed by atoms with van der Waals surface area (Å²) in [5.74, 6) is -0.144.